The molecular formula is C16H25N7O2. The average molecular weight is 347 g/mol. The molecule has 2 aromatic heterocycles. The van der Waals surface area contributed by atoms with Crippen molar-refractivity contribution in [2.24, 2.45) is 0 Å². The zero-order valence-corrected chi connectivity index (χ0v) is 15.1. The van der Waals surface area contributed by atoms with Crippen LogP contribution in [-0.4, -0.2) is 62.4 Å². The van der Waals surface area contributed by atoms with E-state index in [1.54, 1.807) is 0 Å². The van der Waals surface area contributed by atoms with E-state index in [1.165, 1.54) is 0 Å². The highest BCUT2D eigenvalue weighted by Crippen LogP contribution is 2.21. The SMILES string of the molecule is Cc1n[nH]c(C)c1NC(=O)CN1CCOC(c2nc(C(C)C)n[nH]2)C1. The normalized spacial score (nSPS) is 18.7. The van der Waals surface area contributed by atoms with Gasteiger partial charge in [0.25, 0.3) is 0 Å². The summed E-state index contributed by atoms with van der Waals surface area (Å²) in [5.74, 6) is 1.69. The second kappa shape index (κ2) is 7.32. The Hall–Kier alpha value is -2.26. The van der Waals surface area contributed by atoms with Gasteiger partial charge < -0.3 is 10.1 Å². The Kier molecular flexibility index (Phi) is 5.14. The number of aromatic nitrogens is 5. The third-order valence-electron chi connectivity index (χ3n) is 4.25. The number of carbonyl (C=O) groups excluding carboxylic acids is 1. The first-order valence-electron chi connectivity index (χ1n) is 8.51. The van der Waals surface area contributed by atoms with Crippen molar-refractivity contribution in [1.29, 1.82) is 0 Å². The van der Waals surface area contributed by atoms with E-state index in [2.05, 4.69) is 35.6 Å². The van der Waals surface area contributed by atoms with Crippen LogP contribution in [0, 0.1) is 13.8 Å². The van der Waals surface area contributed by atoms with Crippen molar-refractivity contribution in [2.75, 3.05) is 31.6 Å². The van der Waals surface area contributed by atoms with Gasteiger partial charge in [-0.2, -0.15) is 10.2 Å². The molecule has 1 saturated heterocycles. The topological polar surface area (TPSA) is 112 Å². The highest BCUT2D eigenvalue weighted by Gasteiger charge is 2.26. The van der Waals surface area contributed by atoms with Crippen LogP contribution < -0.4 is 5.32 Å². The molecular weight excluding hydrogens is 322 g/mol. The summed E-state index contributed by atoms with van der Waals surface area (Å²) < 4.78 is 5.79. The summed E-state index contributed by atoms with van der Waals surface area (Å²) in [5.41, 5.74) is 2.40. The maximum absolute atomic E-state index is 12.3. The second-order valence-corrected chi connectivity index (χ2v) is 6.69. The maximum atomic E-state index is 12.3. The first kappa shape index (κ1) is 17.6. The van der Waals surface area contributed by atoms with E-state index in [-0.39, 0.29) is 17.9 Å². The molecule has 9 nitrogen and oxygen atoms in total. The minimum atomic E-state index is -0.195. The lowest BCUT2D eigenvalue weighted by molar-refractivity contribution is -0.119. The third-order valence-corrected chi connectivity index (χ3v) is 4.25. The number of nitrogens with zero attached hydrogens (tertiary/aromatic N) is 4. The molecule has 0 radical (unpaired) electrons. The number of amides is 1. The van der Waals surface area contributed by atoms with Crippen molar-refractivity contribution in [2.45, 2.75) is 39.7 Å². The monoisotopic (exact) mass is 347 g/mol. The van der Waals surface area contributed by atoms with E-state index >= 15 is 0 Å². The van der Waals surface area contributed by atoms with Gasteiger partial charge in [-0.05, 0) is 13.8 Å². The molecule has 0 bridgehead atoms. The minimum absolute atomic E-state index is 0.0614. The maximum Gasteiger partial charge on any atom is 0.238 e. The van der Waals surface area contributed by atoms with Crippen LogP contribution in [0.3, 0.4) is 0 Å². The third kappa shape index (κ3) is 4.05. The van der Waals surface area contributed by atoms with E-state index in [0.717, 1.165) is 28.7 Å². The predicted molar refractivity (Wildman–Crippen MR) is 92.3 cm³/mol. The molecule has 9 heteroatoms. The van der Waals surface area contributed by atoms with E-state index < -0.39 is 0 Å². The minimum Gasteiger partial charge on any atom is -0.368 e. The van der Waals surface area contributed by atoms with Crippen molar-refractivity contribution in [1.82, 2.24) is 30.3 Å². The Balaban J connectivity index is 1.58. The van der Waals surface area contributed by atoms with Crippen molar-refractivity contribution < 1.29 is 9.53 Å². The molecule has 3 heterocycles. The number of aromatic amines is 2. The van der Waals surface area contributed by atoms with E-state index in [0.29, 0.717) is 26.2 Å². The van der Waals surface area contributed by atoms with Crippen LogP contribution in [0.25, 0.3) is 0 Å². The Bertz CT molecular complexity index is 717. The van der Waals surface area contributed by atoms with Crippen LogP contribution in [0.15, 0.2) is 0 Å². The Labute approximate surface area is 146 Å². The van der Waals surface area contributed by atoms with Crippen LogP contribution in [0.4, 0.5) is 5.69 Å². The Morgan fingerprint density at radius 3 is 2.80 bits per heavy atom. The lowest BCUT2D eigenvalue weighted by Crippen LogP contribution is -2.42. The van der Waals surface area contributed by atoms with Gasteiger partial charge in [-0.15, -0.1) is 0 Å². The fourth-order valence-electron chi connectivity index (χ4n) is 2.82. The number of carbonyl (C=O) groups is 1. The highest BCUT2D eigenvalue weighted by molar-refractivity contribution is 5.93. The number of nitrogens with one attached hydrogen (secondary N) is 3. The van der Waals surface area contributed by atoms with Crippen LogP contribution >= 0.6 is 0 Å². The standard InChI is InChI=1S/C16H25N7O2/c1-9(2)15-18-16(22-21-15)12-7-23(5-6-25-12)8-13(24)17-14-10(3)19-20-11(14)4/h9,12H,5-8H2,1-4H3,(H,17,24)(H,19,20)(H,18,21,22). The number of morpholine rings is 1. The fourth-order valence-corrected chi connectivity index (χ4v) is 2.82. The predicted octanol–water partition coefficient (Wildman–Crippen LogP) is 1.28. The summed E-state index contributed by atoms with van der Waals surface area (Å²) in [6, 6.07) is 0. The van der Waals surface area contributed by atoms with E-state index in [1.807, 2.05) is 27.7 Å². The van der Waals surface area contributed by atoms with Crippen molar-refractivity contribution in [3.05, 3.63) is 23.0 Å². The summed E-state index contributed by atoms with van der Waals surface area (Å²) in [4.78, 5) is 18.9. The molecule has 1 unspecified atom stereocenters. The van der Waals surface area contributed by atoms with Crippen LogP contribution in [-0.2, 0) is 9.53 Å². The molecule has 25 heavy (non-hydrogen) atoms. The highest BCUT2D eigenvalue weighted by atomic mass is 16.5. The summed E-state index contributed by atoms with van der Waals surface area (Å²) in [6.45, 7) is 10.0. The van der Waals surface area contributed by atoms with Gasteiger partial charge in [-0.1, -0.05) is 13.8 Å². The molecule has 1 fully saturated rings. The van der Waals surface area contributed by atoms with Crippen LogP contribution in [0.1, 0.15) is 48.9 Å². The summed E-state index contributed by atoms with van der Waals surface area (Å²) in [7, 11) is 0. The molecule has 1 aliphatic rings. The summed E-state index contributed by atoms with van der Waals surface area (Å²) in [5, 5.41) is 17.1. The first-order valence-corrected chi connectivity index (χ1v) is 8.51. The lowest BCUT2D eigenvalue weighted by atomic mass is 10.2. The summed E-state index contributed by atoms with van der Waals surface area (Å²) >= 11 is 0. The smallest absolute Gasteiger partial charge is 0.238 e. The average Bonchev–Trinajstić information content (AvgIpc) is 3.18. The largest absolute Gasteiger partial charge is 0.368 e. The zero-order chi connectivity index (χ0) is 18.0. The number of hydrogen-bond acceptors (Lipinski definition) is 6. The molecule has 3 N–H and O–H groups in total. The van der Waals surface area contributed by atoms with Gasteiger partial charge in [0.15, 0.2) is 11.6 Å². The molecule has 0 saturated carbocycles. The van der Waals surface area contributed by atoms with Crippen molar-refractivity contribution in [3.8, 4) is 0 Å². The number of hydrogen-bond donors (Lipinski definition) is 3. The van der Waals surface area contributed by atoms with Gasteiger partial charge in [0.2, 0.25) is 5.91 Å². The van der Waals surface area contributed by atoms with Gasteiger partial charge in [0, 0.05) is 19.0 Å². The van der Waals surface area contributed by atoms with E-state index in [9.17, 15) is 4.79 Å². The molecule has 1 atom stereocenters. The van der Waals surface area contributed by atoms with Crippen LogP contribution in [0.2, 0.25) is 0 Å². The molecule has 2 aromatic rings. The molecule has 0 aromatic carbocycles. The van der Waals surface area contributed by atoms with E-state index in [4.69, 9.17) is 4.74 Å². The molecule has 0 aliphatic carbocycles. The molecule has 136 valence electrons. The lowest BCUT2D eigenvalue weighted by Gasteiger charge is -2.31. The Morgan fingerprint density at radius 1 is 1.36 bits per heavy atom. The molecule has 1 aliphatic heterocycles. The number of ether oxygens (including phenoxy) is 1. The number of rotatable bonds is 5. The quantitative estimate of drug-likeness (QED) is 0.751. The Morgan fingerprint density at radius 2 is 2.16 bits per heavy atom. The van der Waals surface area contributed by atoms with Gasteiger partial charge >= 0.3 is 0 Å². The van der Waals surface area contributed by atoms with Gasteiger partial charge in [0.1, 0.15) is 6.10 Å². The summed E-state index contributed by atoms with van der Waals surface area (Å²) in [6.07, 6.45) is -0.195. The number of anilines is 1. The van der Waals surface area contributed by atoms with Gasteiger partial charge in [-0.25, -0.2) is 4.98 Å². The molecule has 0 spiro atoms. The second-order valence-electron chi connectivity index (χ2n) is 6.69. The van der Waals surface area contributed by atoms with Crippen molar-refractivity contribution in [3.63, 3.8) is 0 Å². The first-order chi connectivity index (χ1) is 11.9. The van der Waals surface area contributed by atoms with Crippen LogP contribution in [0.5, 0.6) is 0 Å². The molecule has 3 rings (SSSR count). The fraction of sp³-hybridized carbons (Fsp3) is 0.625. The van der Waals surface area contributed by atoms with Gasteiger partial charge in [-0.3, -0.25) is 19.9 Å². The number of H-pyrrole nitrogens is 2. The van der Waals surface area contributed by atoms with Gasteiger partial charge in [0.05, 0.1) is 30.2 Å². The zero-order valence-electron chi connectivity index (χ0n) is 15.1. The molecule has 1 amide bonds. The van der Waals surface area contributed by atoms with Crippen molar-refractivity contribution >= 4 is 11.6 Å². The number of aryl methyl sites for hydroxylation is 2.